The average molecular weight is 235 g/mol. The van der Waals surface area contributed by atoms with Gasteiger partial charge in [0.05, 0.1) is 19.7 Å². The quantitative estimate of drug-likeness (QED) is 0.605. The molecule has 0 saturated carbocycles. The molecule has 0 fully saturated rings. The predicted octanol–water partition coefficient (Wildman–Crippen LogP) is 1.96. The number of methoxy groups -OCH3 is 1. The van der Waals surface area contributed by atoms with Crippen LogP contribution < -0.4 is 5.32 Å². The Hall–Kier alpha value is -1.73. The fourth-order valence-electron chi connectivity index (χ4n) is 1.44. The molecule has 4 nitrogen and oxygen atoms in total. The van der Waals surface area contributed by atoms with Crippen molar-refractivity contribution >= 4 is 5.97 Å². The SMILES string of the molecule is C#CC(CCC)NCc1ccc(C(=O)OC)o1. The van der Waals surface area contributed by atoms with Gasteiger partial charge in [-0.05, 0) is 18.6 Å². The van der Waals surface area contributed by atoms with Crippen LogP contribution in [-0.4, -0.2) is 19.1 Å². The number of carbonyl (C=O) groups is 1. The van der Waals surface area contributed by atoms with E-state index in [1.54, 1.807) is 12.1 Å². The summed E-state index contributed by atoms with van der Waals surface area (Å²) < 4.78 is 9.85. The van der Waals surface area contributed by atoms with Crippen LogP contribution in [0, 0.1) is 12.3 Å². The molecule has 0 spiro atoms. The van der Waals surface area contributed by atoms with Crippen molar-refractivity contribution in [3.05, 3.63) is 23.7 Å². The van der Waals surface area contributed by atoms with Gasteiger partial charge in [-0.3, -0.25) is 5.32 Å². The van der Waals surface area contributed by atoms with Crippen molar-refractivity contribution in [3.63, 3.8) is 0 Å². The number of furan rings is 1. The van der Waals surface area contributed by atoms with Gasteiger partial charge in [-0.15, -0.1) is 6.42 Å². The maximum atomic E-state index is 11.2. The minimum Gasteiger partial charge on any atom is -0.463 e. The lowest BCUT2D eigenvalue weighted by molar-refractivity contribution is 0.0563. The van der Waals surface area contributed by atoms with E-state index >= 15 is 0 Å². The fraction of sp³-hybridized carbons (Fsp3) is 0.462. The standard InChI is InChI=1S/C13H17NO3/c1-4-6-10(5-2)14-9-11-7-8-12(17-11)13(15)16-3/h2,7-8,10,14H,4,6,9H2,1,3H3. The van der Waals surface area contributed by atoms with Crippen molar-refractivity contribution in [1.29, 1.82) is 0 Å². The van der Waals surface area contributed by atoms with Gasteiger partial charge >= 0.3 is 5.97 Å². The van der Waals surface area contributed by atoms with Crippen molar-refractivity contribution in [3.8, 4) is 12.3 Å². The summed E-state index contributed by atoms with van der Waals surface area (Å²) in [6, 6.07) is 3.36. The van der Waals surface area contributed by atoms with E-state index in [2.05, 4.69) is 22.9 Å². The molecule has 0 amide bonds. The molecule has 1 aromatic heterocycles. The van der Waals surface area contributed by atoms with Crippen molar-refractivity contribution < 1.29 is 13.9 Å². The van der Waals surface area contributed by atoms with Crippen LogP contribution >= 0.6 is 0 Å². The maximum Gasteiger partial charge on any atom is 0.373 e. The largest absolute Gasteiger partial charge is 0.463 e. The minimum atomic E-state index is -0.474. The number of terminal acetylenes is 1. The van der Waals surface area contributed by atoms with Gasteiger partial charge in [0.15, 0.2) is 0 Å². The fourth-order valence-corrected chi connectivity index (χ4v) is 1.44. The van der Waals surface area contributed by atoms with Crippen LogP contribution in [0.4, 0.5) is 0 Å². The van der Waals surface area contributed by atoms with Crippen molar-refractivity contribution in [2.24, 2.45) is 0 Å². The van der Waals surface area contributed by atoms with E-state index in [-0.39, 0.29) is 11.8 Å². The van der Waals surface area contributed by atoms with Gasteiger partial charge in [0, 0.05) is 0 Å². The number of hydrogen-bond acceptors (Lipinski definition) is 4. The highest BCUT2D eigenvalue weighted by molar-refractivity contribution is 5.86. The summed E-state index contributed by atoms with van der Waals surface area (Å²) in [6.07, 6.45) is 7.32. The molecular formula is C13H17NO3. The van der Waals surface area contributed by atoms with E-state index in [1.165, 1.54) is 7.11 Å². The molecule has 0 saturated heterocycles. The maximum absolute atomic E-state index is 11.2. The molecule has 0 aromatic carbocycles. The number of nitrogens with one attached hydrogen (secondary N) is 1. The molecule has 0 aliphatic rings. The Balaban J connectivity index is 2.50. The number of rotatable bonds is 6. The Morgan fingerprint density at radius 2 is 2.41 bits per heavy atom. The third kappa shape index (κ3) is 3.97. The smallest absolute Gasteiger partial charge is 0.373 e. The van der Waals surface area contributed by atoms with Crippen LogP contribution in [0.1, 0.15) is 36.1 Å². The Labute approximate surface area is 101 Å². The topological polar surface area (TPSA) is 51.5 Å². The van der Waals surface area contributed by atoms with Crippen molar-refractivity contribution in [2.75, 3.05) is 7.11 Å². The third-order valence-corrected chi connectivity index (χ3v) is 2.35. The number of hydrogen-bond donors (Lipinski definition) is 1. The number of esters is 1. The lowest BCUT2D eigenvalue weighted by atomic mass is 10.2. The van der Waals surface area contributed by atoms with E-state index in [4.69, 9.17) is 10.8 Å². The van der Waals surface area contributed by atoms with Crippen LogP contribution in [-0.2, 0) is 11.3 Å². The minimum absolute atomic E-state index is 0.0340. The van der Waals surface area contributed by atoms with Gasteiger partial charge in [-0.1, -0.05) is 19.3 Å². The summed E-state index contributed by atoms with van der Waals surface area (Å²) in [5.41, 5.74) is 0. The number of ether oxygens (including phenoxy) is 1. The normalized spacial score (nSPS) is 11.8. The summed E-state index contributed by atoms with van der Waals surface area (Å²) in [7, 11) is 1.32. The monoisotopic (exact) mass is 235 g/mol. The third-order valence-electron chi connectivity index (χ3n) is 2.35. The first-order valence-corrected chi connectivity index (χ1v) is 5.57. The van der Waals surface area contributed by atoms with Crippen LogP contribution in [0.25, 0.3) is 0 Å². The Morgan fingerprint density at radius 1 is 1.65 bits per heavy atom. The molecule has 1 heterocycles. The highest BCUT2D eigenvalue weighted by Crippen LogP contribution is 2.09. The van der Waals surface area contributed by atoms with Gasteiger partial charge in [0.2, 0.25) is 5.76 Å². The van der Waals surface area contributed by atoms with Gasteiger partial charge in [0.25, 0.3) is 0 Å². The Kier molecular flexibility index (Phi) is 5.31. The highest BCUT2D eigenvalue weighted by Gasteiger charge is 2.11. The number of carbonyl (C=O) groups excluding carboxylic acids is 1. The molecule has 1 atom stereocenters. The summed E-state index contributed by atoms with van der Waals surface area (Å²) >= 11 is 0. The van der Waals surface area contributed by atoms with E-state index in [0.717, 1.165) is 12.8 Å². The second-order valence-corrected chi connectivity index (χ2v) is 3.65. The van der Waals surface area contributed by atoms with E-state index in [1.807, 2.05) is 0 Å². The molecule has 0 aliphatic carbocycles. The second kappa shape index (κ2) is 6.77. The molecule has 0 aliphatic heterocycles. The Bertz CT molecular complexity index is 403. The highest BCUT2D eigenvalue weighted by atomic mass is 16.5. The summed E-state index contributed by atoms with van der Waals surface area (Å²) in [5, 5.41) is 3.17. The lowest BCUT2D eigenvalue weighted by Crippen LogP contribution is -2.26. The van der Waals surface area contributed by atoms with Crippen LogP contribution in [0.15, 0.2) is 16.5 Å². The van der Waals surface area contributed by atoms with Crippen LogP contribution in [0.3, 0.4) is 0 Å². The van der Waals surface area contributed by atoms with Gasteiger partial charge < -0.3 is 9.15 Å². The van der Waals surface area contributed by atoms with Gasteiger partial charge in [0.1, 0.15) is 5.76 Å². The summed E-state index contributed by atoms with van der Waals surface area (Å²) in [6.45, 7) is 2.58. The molecule has 1 rings (SSSR count). The van der Waals surface area contributed by atoms with E-state index in [9.17, 15) is 4.79 Å². The van der Waals surface area contributed by atoms with Gasteiger partial charge in [-0.2, -0.15) is 0 Å². The predicted molar refractivity (Wildman–Crippen MR) is 64.4 cm³/mol. The zero-order valence-corrected chi connectivity index (χ0v) is 10.2. The summed E-state index contributed by atoms with van der Waals surface area (Å²) in [5.74, 6) is 3.07. The zero-order valence-electron chi connectivity index (χ0n) is 10.2. The first-order valence-electron chi connectivity index (χ1n) is 5.57. The lowest BCUT2D eigenvalue weighted by Gasteiger charge is -2.09. The molecule has 0 radical (unpaired) electrons. The van der Waals surface area contributed by atoms with Crippen molar-refractivity contribution in [2.45, 2.75) is 32.4 Å². The molecule has 1 N–H and O–H groups in total. The van der Waals surface area contributed by atoms with E-state index < -0.39 is 5.97 Å². The summed E-state index contributed by atoms with van der Waals surface area (Å²) in [4.78, 5) is 11.2. The molecule has 17 heavy (non-hydrogen) atoms. The molecule has 4 heteroatoms. The van der Waals surface area contributed by atoms with Crippen LogP contribution in [0.2, 0.25) is 0 Å². The van der Waals surface area contributed by atoms with Gasteiger partial charge in [-0.25, -0.2) is 4.79 Å². The van der Waals surface area contributed by atoms with E-state index in [0.29, 0.717) is 12.3 Å². The molecule has 1 unspecified atom stereocenters. The first kappa shape index (κ1) is 13.3. The molecule has 1 aromatic rings. The molecular weight excluding hydrogens is 218 g/mol. The Morgan fingerprint density at radius 3 is 3.00 bits per heavy atom. The van der Waals surface area contributed by atoms with Crippen LogP contribution in [0.5, 0.6) is 0 Å². The zero-order chi connectivity index (χ0) is 12.7. The molecule has 92 valence electrons. The second-order valence-electron chi connectivity index (χ2n) is 3.65. The average Bonchev–Trinajstić information content (AvgIpc) is 2.82. The van der Waals surface area contributed by atoms with Crippen molar-refractivity contribution in [1.82, 2.24) is 5.32 Å². The first-order chi connectivity index (χ1) is 8.21. The molecule has 0 bridgehead atoms.